The van der Waals surface area contributed by atoms with Crippen molar-refractivity contribution in [2.24, 2.45) is 0 Å². The molecule has 6 heteroatoms. The Kier molecular flexibility index (Phi) is 4.68. The highest BCUT2D eigenvalue weighted by Crippen LogP contribution is 2.29. The highest BCUT2D eigenvalue weighted by molar-refractivity contribution is 7.99. The fourth-order valence-electron chi connectivity index (χ4n) is 2.70. The second-order valence-electron chi connectivity index (χ2n) is 5.28. The summed E-state index contributed by atoms with van der Waals surface area (Å²) in [5.74, 6) is 1.25. The van der Waals surface area contributed by atoms with Crippen LogP contribution in [-0.4, -0.2) is 32.9 Å². The van der Waals surface area contributed by atoms with E-state index in [1.807, 2.05) is 24.6 Å². The van der Waals surface area contributed by atoms with Crippen LogP contribution < -0.4 is 5.32 Å². The van der Waals surface area contributed by atoms with Crippen LogP contribution in [0.1, 0.15) is 30.1 Å². The smallest absolute Gasteiger partial charge is 0.230 e. The van der Waals surface area contributed by atoms with Crippen LogP contribution in [0.3, 0.4) is 0 Å². The first-order valence-corrected chi connectivity index (χ1v) is 8.72. The van der Waals surface area contributed by atoms with Crippen molar-refractivity contribution in [2.75, 3.05) is 12.0 Å². The highest BCUT2D eigenvalue weighted by atomic mass is 32.2. The van der Waals surface area contributed by atoms with Gasteiger partial charge in [0.05, 0.1) is 11.8 Å². The number of hydrogen-bond acceptors (Lipinski definition) is 5. The average Bonchev–Trinajstić information content (AvgIpc) is 2.56. The molecule has 5 nitrogen and oxygen atoms in total. The van der Waals surface area contributed by atoms with E-state index in [1.54, 1.807) is 12.4 Å². The molecule has 1 unspecified atom stereocenters. The molecule has 2 heterocycles. The van der Waals surface area contributed by atoms with Gasteiger partial charge in [-0.05, 0) is 37.7 Å². The van der Waals surface area contributed by atoms with E-state index in [1.165, 1.54) is 11.8 Å². The molecule has 2 aromatic heterocycles. The summed E-state index contributed by atoms with van der Waals surface area (Å²) in [6, 6.07) is 3.87. The number of nitrogens with zero attached hydrogens (tertiary/aromatic N) is 3. The first-order valence-electron chi connectivity index (χ1n) is 7.32. The van der Waals surface area contributed by atoms with Gasteiger partial charge in [0.15, 0.2) is 5.82 Å². The molecule has 0 saturated carbocycles. The maximum Gasteiger partial charge on any atom is 0.230 e. The zero-order chi connectivity index (χ0) is 15.4. The predicted molar refractivity (Wildman–Crippen MR) is 87.5 cm³/mol. The number of fused-ring (bicyclic) bond motifs is 1. The molecule has 0 aliphatic heterocycles. The third kappa shape index (κ3) is 3.27. The Morgan fingerprint density at radius 1 is 1.45 bits per heavy atom. The molecule has 3 rings (SSSR count). The average molecular weight is 314 g/mol. The number of thioether (sulfide) groups is 1. The lowest BCUT2D eigenvalue weighted by Crippen LogP contribution is -2.32. The van der Waals surface area contributed by atoms with Gasteiger partial charge in [-0.25, -0.2) is 9.97 Å². The number of hydrogen-bond donors (Lipinski definition) is 1. The van der Waals surface area contributed by atoms with Crippen LogP contribution in [0.4, 0.5) is 0 Å². The Labute approximate surface area is 134 Å². The standard InChI is InChI=1S/C16H18N4OS/c1-22-10-15(21)19-13-5-2-6-14-12(13)9-18-16(20-14)11-4-3-7-17-8-11/h3-4,7-9,13H,2,5-6,10H2,1H3,(H,19,21). The van der Waals surface area contributed by atoms with E-state index in [-0.39, 0.29) is 11.9 Å². The van der Waals surface area contributed by atoms with Gasteiger partial charge in [-0.2, -0.15) is 11.8 Å². The Balaban J connectivity index is 1.85. The van der Waals surface area contributed by atoms with Crippen LogP contribution in [0, 0.1) is 0 Å². The lowest BCUT2D eigenvalue weighted by molar-refractivity contribution is -0.119. The molecule has 0 aromatic carbocycles. The number of pyridine rings is 1. The number of carbonyl (C=O) groups excluding carboxylic acids is 1. The van der Waals surface area contributed by atoms with E-state index in [0.29, 0.717) is 11.6 Å². The van der Waals surface area contributed by atoms with Crippen LogP contribution in [-0.2, 0) is 11.2 Å². The summed E-state index contributed by atoms with van der Waals surface area (Å²) in [7, 11) is 0. The molecule has 1 amide bonds. The summed E-state index contributed by atoms with van der Waals surface area (Å²) >= 11 is 1.53. The maximum atomic E-state index is 11.8. The molecule has 0 radical (unpaired) electrons. The molecule has 2 aromatic rings. The number of rotatable bonds is 4. The lowest BCUT2D eigenvalue weighted by Gasteiger charge is -2.25. The second-order valence-corrected chi connectivity index (χ2v) is 6.15. The van der Waals surface area contributed by atoms with Gasteiger partial charge in [-0.3, -0.25) is 9.78 Å². The third-order valence-electron chi connectivity index (χ3n) is 3.71. The maximum absolute atomic E-state index is 11.8. The molecule has 1 N–H and O–H groups in total. The first-order chi connectivity index (χ1) is 10.8. The number of nitrogens with one attached hydrogen (secondary N) is 1. The van der Waals surface area contributed by atoms with E-state index in [4.69, 9.17) is 0 Å². The summed E-state index contributed by atoms with van der Waals surface area (Å²) < 4.78 is 0. The van der Waals surface area contributed by atoms with E-state index in [0.717, 1.165) is 36.1 Å². The molecule has 1 aliphatic carbocycles. The molecular weight excluding hydrogens is 296 g/mol. The van der Waals surface area contributed by atoms with Crippen LogP contribution in [0.2, 0.25) is 0 Å². The van der Waals surface area contributed by atoms with Crippen molar-refractivity contribution in [1.82, 2.24) is 20.3 Å². The van der Waals surface area contributed by atoms with Gasteiger partial charge >= 0.3 is 0 Å². The van der Waals surface area contributed by atoms with Crippen LogP contribution >= 0.6 is 11.8 Å². The zero-order valence-electron chi connectivity index (χ0n) is 12.5. The third-order valence-corrected chi connectivity index (χ3v) is 4.26. The summed E-state index contributed by atoms with van der Waals surface area (Å²) in [5.41, 5.74) is 3.00. The fourth-order valence-corrected chi connectivity index (χ4v) is 3.04. The van der Waals surface area contributed by atoms with Gasteiger partial charge < -0.3 is 5.32 Å². The van der Waals surface area contributed by atoms with Crippen molar-refractivity contribution in [3.8, 4) is 11.4 Å². The normalized spacial score (nSPS) is 16.9. The Morgan fingerprint density at radius 3 is 3.14 bits per heavy atom. The predicted octanol–water partition coefficient (Wildman–Crippen LogP) is 2.40. The van der Waals surface area contributed by atoms with Crippen LogP contribution in [0.25, 0.3) is 11.4 Å². The van der Waals surface area contributed by atoms with Crippen molar-refractivity contribution in [2.45, 2.75) is 25.3 Å². The number of amides is 1. The Bertz CT molecular complexity index is 662. The molecule has 0 bridgehead atoms. The summed E-state index contributed by atoms with van der Waals surface area (Å²) in [4.78, 5) is 25.1. The van der Waals surface area contributed by atoms with Crippen LogP contribution in [0.5, 0.6) is 0 Å². The SMILES string of the molecule is CSCC(=O)NC1CCCc2nc(-c3cccnc3)ncc21. The molecule has 1 atom stereocenters. The van der Waals surface area contributed by atoms with E-state index in [9.17, 15) is 4.79 Å². The number of aryl methyl sites for hydroxylation is 1. The molecule has 1 aliphatic rings. The van der Waals surface area contributed by atoms with Gasteiger partial charge in [0.2, 0.25) is 5.91 Å². The molecule has 0 saturated heterocycles. The molecular formula is C16H18N4OS. The van der Waals surface area contributed by atoms with E-state index < -0.39 is 0 Å². The lowest BCUT2D eigenvalue weighted by atomic mass is 9.92. The topological polar surface area (TPSA) is 67.8 Å². The van der Waals surface area contributed by atoms with Crippen molar-refractivity contribution < 1.29 is 4.79 Å². The van der Waals surface area contributed by atoms with Gasteiger partial charge in [0, 0.05) is 35.4 Å². The zero-order valence-corrected chi connectivity index (χ0v) is 13.3. The molecule has 0 spiro atoms. The second kappa shape index (κ2) is 6.87. The van der Waals surface area contributed by atoms with Gasteiger partial charge in [-0.1, -0.05) is 0 Å². The minimum absolute atomic E-state index is 0.0337. The van der Waals surface area contributed by atoms with Crippen molar-refractivity contribution >= 4 is 17.7 Å². The van der Waals surface area contributed by atoms with Gasteiger partial charge in [0.25, 0.3) is 0 Å². The molecule has 114 valence electrons. The Morgan fingerprint density at radius 2 is 2.36 bits per heavy atom. The van der Waals surface area contributed by atoms with Gasteiger partial charge in [0.1, 0.15) is 0 Å². The van der Waals surface area contributed by atoms with Crippen molar-refractivity contribution in [3.05, 3.63) is 42.0 Å². The minimum atomic E-state index is 0.0337. The highest BCUT2D eigenvalue weighted by Gasteiger charge is 2.23. The first kappa shape index (κ1) is 15.0. The Hall–Kier alpha value is -1.95. The summed E-state index contributed by atoms with van der Waals surface area (Å²) in [6.45, 7) is 0. The summed E-state index contributed by atoms with van der Waals surface area (Å²) in [5, 5.41) is 3.08. The van der Waals surface area contributed by atoms with E-state index in [2.05, 4.69) is 20.3 Å². The molecule has 22 heavy (non-hydrogen) atoms. The summed E-state index contributed by atoms with van der Waals surface area (Å²) in [6.07, 6.45) is 10.2. The van der Waals surface area contributed by atoms with Crippen molar-refractivity contribution in [3.63, 3.8) is 0 Å². The molecule has 0 fully saturated rings. The van der Waals surface area contributed by atoms with Crippen LogP contribution in [0.15, 0.2) is 30.7 Å². The number of carbonyl (C=O) groups is 1. The van der Waals surface area contributed by atoms with Crippen molar-refractivity contribution in [1.29, 1.82) is 0 Å². The fraction of sp³-hybridized carbons (Fsp3) is 0.375. The number of aromatic nitrogens is 3. The largest absolute Gasteiger partial charge is 0.348 e. The monoisotopic (exact) mass is 314 g/mol. The van der Waals surface area contributed by atoms with E-state index >= 15 is 0 Å². The minimum Gasteiger partial charge on any atom is -0.348 e. The quantitative estimate of drug-likeness (QED) is 0.938. The van der Waals surface area contributed by atoms with Gasteiger partial charge in [-0.15, -0.1) is 0 Å².